The minimum absolute atomic E-state index is 0.174. The highest BCUT2D eigenvalue weighted by Crippen LogP contribution is 2.09. The second-order valence-corrected chi connectivity index (χ2v) is 3.40. The van der Waals surface area contributed by atoms with Gasteiger partial charge in [-0.3, -0.25) is 0 Å². The topological polar surface area (TPSA) is 62.2 Å². The predicted molar refractivity (Wildman–Crippen MR) is 62.3 cm³/mol. The molecular weight excluding hydrogens is 204 g/mol. The van der Waals surface area contributed by atoms with Crippen LogP contribution < -0.4 is 5.32 Å². The number of nitrogens with one attached hydrogen (secondary N) is 1. The number of aromatic nitrogens is 1. The summed E-state index contributed by atoms with van der Waals surface area (Å²) in [5, 5.41) is 11.9. The Hall–Kier alpha value is -2.02. The zero-order valence-electron chi connectivity index (χ0n) is 9.10. The molecule has 0 aromatic carbocycles. The molecule has 1 aromatic rings. The third-order valence-electron chi connectivity index (χ3n) is 2.22. The number of hydrogen-bond donors (Lipinski definition) is 2. The van der Waals surface area contributed by atoms with E-state index >= 15 is 0 Å². The smallest absolute Gasteiger partial charge is 0.337 e. The number of carboxylic acids is 1. The Bertz CT molecular complexity index is 392. The number of nitrogens with zero attached hydrogens (tertiary/aromatic N) is 1. The Balaban J connectivity index is 2.68. The molecule has 1 atom stereocenters. The van der Waals surface area contributed by atoms with Gasteiger partial charge in [-0.25, -0.2) is 9.78 Å². The molecule has 0 amide bonds. The van der Waals surface area contributed by atoms with Crippen LogP contribution in [0.2, 0.25) is 0 Å². The molecule has 0 aliphatic rings. The lowest BCUT2D eigenvalue weighted by Gasteiger charge is -2.14. The number of carbonyl (C=O) groups is 1. The zero-order chi connectivity index (χ0) is 12.0. The van der Waals surface area contributed by atoms with Gasteiger partial charge >= 0.3 is 5.97 Å². The third kappa shape index (κ3) is 3.28. The molecule has 1 heterocycles. The first-order chi connectivity index (χ1) is 7.67. The summed E-state index contributed by atoms with van der Waals surface area (Å²) in [7, 11) is 0. The number of terminal acetylenes is 1. The molecular formula is C12H14N2O2. The maximum Gasteiger partial charge on any atom is 0.337 e. The van der Waals surface area contributed by atoms with Crippen LogP contribution in [0.4, 0.5) is 5.82 Å². The first-order valence-electron chi connectivity index (χ1n) is 5.06. The fourth-order valence-corrected chi connectivity index (χ4v) is 1.25. The van der Waals surface area contributed by atoms with E-state index in [2.05, 4.69) is 16.2 Å². The van der Waals surface area contributed by atoms with E-state index in [4.69, 9.17) is 11.5 Å². The van der Waals surface area contributed by atoms with Gasteiger partial charge in [-0.05, 0) is 18.6 Å². The fraction of sp³-hybridized carbons (Fsp3) is 0.333. The fourth-order valence-electron chi connectivity index (χ4n) is 1.25. The lowest BCUT2D eigenvalue weighted by molar-refractivity contribution is 0.0696. The van der Waals surface area contributed by atoms with E-state index in [0.29, 0.717) is 12.2 Å². The lowest BCUT2D eigenvalue weighted by atomic mass is 10.1. The summed E-state index contributed by atoms with van der Waals surface area (Å²) in [5.74, 6) is 2.25. The third-order valence-corrected chi connectivity index (χ3v) is 2.22. The molecule has 0 fully saturated rings. The van der Waals surface area contributed by atoms with Crippen molar-refractivity contribution in [3.63, 3.8) is 0 Å². The van der Waals surface area contributed by atoms with Crippen molar-refractivity contribution in [2.24, 2.45) is 0 Å². The van der Waals surface area contributed by atoms with Crippen LogP contribution in [0.1, 0.15) is 30.1 Å². The first-order valence-corrected chi connectivity index (χ1v) is 5.06. The normalized spacial score (nSPS) is 11.5. The number of anilines is 1. The van der Waals surface area contributed by atoms with Crippen molar-refractivity contribution in [3.8, 4) is 12.3 Å². The minimum Gasteiger partial charge on any atom is -0.478 e. The summed E-state index contributed by atoms with van der Waals surface area (Å²) in [6.45, 7) is 2.03. The average molecular weight is 218 g/mol. The molecule has 1 aromatic heterocycles. The van der Waals surface area contributed by atoms with Crippen molar-refractivity contribution in [2.45, 2.75) is 25.8 Å². The van der Waals surface area contributed by atoms with Gasteiger partial charge in [-0.15, -0.1) is 12.3 Å². The van der Waals surface area contributed by atoms with Crippen LogP contribution in [0.25, 0.3) is 0 Å². The van der Waals surface area contributed by atoms with Crippen LogP contribution >= 0.6 is 0 Å². The second-order valence-electron chi connectivity index (χ2n) is 3.40. The number of carboxylic acid groups (broad SMARTS) is 1. The number of hydrogen-bond acceptors (Lipinski definition) is 3. The molecule has 2 N–H and O–H groups in total. The van der Waals surface area contributed by atoms with Crippen LogP contribution in [-0.4, -0.2) is 22.1 Å². The molecule has 0 bridgehead atoms. The number of aromatic carboxylic acids is 1. The van der Waals surface area contributed by atoms with Gasteiger partial charge in [0.15, 0.2) is 0 Å². The van der Waals surface area contributed by atoms with Gasteiger partial charge < -0.3 is 10.4 Å². The standard InChI is InChI=1S/C12H14N2O2/c1-3-5-10(4-2)14-11-7-6-9(8-13-11)12(15)16/h1,6-8,10H,4-5H2,2H3,(H,13,14)(H,15,16). The van der Waals surface area contributed by atoms with Gasteiger partial charge in [-0.1, -0.05) is 6.92 Å². The largest absolute Gasteiger partial charge is 0.478 e. The van der Waals surface area contributed by atoms with Crippen molar-refractivity contribution in [3.05, 3.63) is 23.9 Å². The molecule has 0 saturated carbocycles. The number of rotatable bonds is 5. The summed E-state index contributed by atoms with van der Waals surface area (Å²) in [5.41, 5.74) is 0.176. The molecule has 4 heteroatoms. The van der Waals surface area contributed by atoms with E-state index in [1.54, 1.807) is 6.07 Å². The molecule has 0 radical (unpaired) electrons. The summed E-state index contributed by atoms with van der Waals surface area (Å²) >= 11 is 0. The van der Waals surface area contributed by atoms with E-state index in [1.807, 2.05) is 6.92 Å². The van der Waals surface area contributed by atoms with Crippen LogP contribution in [0.5, 0.6) is 0 Å². The van der Waals surface area contributed by atoms with Crippen LogP contribution in [0.15, 0.2) is 18.3 Å². The molecule has 16 heavy (non-hydrogen) atoms. The Morgan fingerprint density at radius 2 is 2.44 bits per heavy atom. The monoisotopic (exact) mass is 218 g/mol. The molecule has 1 unspecified atom stereocenters. The lowest BCUT2D eigenvalue weighted by Crippen LogP contribution is -2.18. The maximum absolute atomic E-state index is 10.6. The maximum atomic E-state index is 10.6. The molecule has 0 aliphatic carbocycles. The zero-order valence-corrected chi connectivity index (χ0v) is 9.10. The number of pyridine rings is 1. The summed E-state index contributed by atoms with van der Waals surface area (Å²) in [4.78, 5) is 14.6. The second kappa shape index (κ2) is 5.76. The van der Waals surface area contributed by atoms with E-state index in [-0.39, 0.29) is 11.6 Å². The Morgan fingerprint density at radius 3 is 2.88 bits per heavy atom. The van der Waals surface area contributed by atoms with Gasteiger partial charge in [0.1, 0.15) is 5.82 Å². The highest BCUT2D eigenvalue weighted by Gasteiger charge is 2.06. The van der Waals surface area contributed by atoms with E-state index in [0.717, 1.165) is 6.42 Å². The van der Waals surface area contributed by atoms with Gasteiger partial charge in [0.05, 0.1) is 5.56 Å². The predicted octanol–water partition coefficient (Wildman–Crippen LogP) is 1.99. The van der Waals surface area contributed by atoms with Gasteiger partial charge in [0.2, 0.25) is 0 Å². The van der Waals surface area contributed by atoms with E-state index in [9.17, 15) is 4.79 Å². The van der Waals surface area contributed by atoms with Crippen molar-refractivity contribution in [2.75, 3.05) is 5.32 Å². The van der Waals surface area contributed by atoms with Crippen molar-refractivity contribution >= 4 is 11.8 Å². The van der Waals surface area contributed by atoms with Crippen molar-refractivity contribution in [1.29, 1.82) is 0 Å². The molecule has 0 saturated heterocycles. The molecule has 0 aliphatic heterocycles. The highest BCUT2D eigenvalue weighted by molar-refractivity contribution is 5.87. The van der Waals surface area contributed by atoms with Crippen molar-refractivity contribution in [1.82, 2.24) is 4.98 Å². The summed E-state index contributed by atoms with van der Waals surface area (Å²) in [6, 6.07) is 3.33. The Kier molecular flexibility index (Phi) is 4.34. The van der Waals surface area contributed by atoms with Crippen LogP contribution in [0, 0.1) is 12.3 Å². The Morgan fingerprint density at radius 1 is 1.69 bits per heavy atom. The van der Waals surface area contributed by atoms with Gasteiger partial charge in [0, 0.05) is 18.7 Å². The molecule has 0 spiro atoms. The van der Waals surface area contributed by atoms with E-state index in [1.165, 1.54) is 12.3 Å². The highest BCUT2D eigenvalue weighted by atomic mass is 16.4. The quantitative estimate of drug-likeness (QED) is 0.742. The summed E-state index contributed by atoms with van der Waals surface area (Å²) < 4.78 is 0. The SMILES string of the molecule is C#CCC(CC)Nc1ccc(C(=O)O)cn1. The van der Waals surface area contributed by atoms with E-state index < -0.39 is 5.97 Å². The van der Waals surface area contributed by atoms with Gasteiger partial charge in [-0.2, -0.15) is 0 Å². The van der Waals surface area contributed by atoms with Crippen LogP contribution in [-0.2, 0) is 0 Å². The molecule has 4 nitrogen and oxygen atoms in total. The van der Waals surface area contributed by atoms with Gasteiger partial charge in [0.25, 0.3) is 0 Å². The average Bonchev–Trinajstić information content (AvgIpc) is 2.29. The first kappa shape index (κ1) is 12.1. The summed E-state index contributed by atoms with van der Waals surface area (Å²) in [6.07, 6.45) is 8.08. The van der Waals surface area contributed by atoms with Crippen LogP contribution in [0.3, 0.4) is 0 Å². The molecule has 1 rings (SSSR count). The Labute approximate surface area is 94.7 Å². The minimum atomic E-state index is -0.977. The molecule has 84 valence electrons. The van der Waals surface area contributed by atoms with Crippen molar-refractivity contribution < 1.29 is 9.90 Å².